The molecule has 2 rings (SSSR count). The van der Waals surface area contributed by atoms with Crippen molar-refractivity contribution < 1.29 is 14.6 Å². The molecule has 3 N–H and O–H groups in total. The Balaban J connectivity index is 2.21. The first-order valence-corrected chi connectivity index (χ1v) is 7.28. The van der Waals surface area contributed by atoms with Crippen LogP contribution >= 0.6 is 0 Å². The average Bonchev–Trinajstić information content (AvgIpc) is 2.46. The molecule has 1 fully saturated rings. The largest absolute Gasteiger partial charge is 0.497 e. The van der Waals surface area contributed by atoms with E-state index in [1.807, 2.05) is 0 Å². The summed E-state index contributed by atoms with van der Waals surface area (Å²) in [6.07, 6.45) is 6.64. The van der Waals surface area contributed by atoms with Crippen molar-refractivity contribution in [2.75, 3.05) is 12.8 Å². The zero-order chi connectivity index (χ0) is 14.5. The van der Waals surface area contributed by atoms with E-state index in [2.05, 4.69) is 0 Å². The van der Waals surface area contributed by atoms with Gasteiger partial charge in [-0.1, -0.05) is 32.1 Å². The van der Waals surface area contributed by atoms with Crippen molar-refractivity contribution in [2.24, 2.45) is 5.92 Å². The fourth-order valence-electron chi connectivity index (χ4n) is 3.10. The van der Waals surface area contributed by atoms with Crippen LogP contribution in [-0.2, 0) is 4.79 Å². The highest BCUT2D eigenvalue weighted by atomic mass is 16.5. The smallest absolute Gasteiger partial charge is 0.311 e. The molecular formula is C16H23NO3. The zero-order valence-corrected chi connectivity index (χ0v) is 12.0. The minimum Gasteiger partial charge on any atom is -0.497 e. The Morgan fingerprint density at radius 1 is 1.40 bits per heavy atom. The fourth-order valence-corrected chi connectivity index (χ4v) is 3.10. The van der Waals surface area contributed by atoms with E-state index >= 15 is 0 Å². The molecule has 1 aromatic carbocycles. The molecule has 0 spiro atoms. The average molecular weight is 277 g/mol. The van der Waals surface area contributed by atoms with Gasteiger partial charge in [-0.15, -0.1) is 0 Å². The van der Waals surface area contributed by atoms with Crippen molar-refractivity contribution in [3.8, 4) is 5.75 Å². The van der Waals surface area contributed by atoms with Gasteiger partial charge in [-0.05, 0) is 36.1 Å². The molecule has 0 amide bonds. The Labute approximate surface area is 119 Å². The molecule has 4 heteroatoms. The standard InChI is InChI=1S/C16H23NO3/c1-20-12-7-8-15(17)13(10-12)14(16(18)19)9-11-5-3-2-4-6-11/h7-8,10-11,14H,2-6,9,17H2,1H3,(H,18,19). The minimum absolute atomic E-state index is 0.496. The van der Waals surface area contributed by atoms with E-state index in [4.69, 9.17) is 10.5 Å². The number of rotatable bonds is 5. The molecule has 0 saturated heterocycles. The number of benzene rings is 1. The number of nitrogen functional groups attached to an aromatic ring is 1. The van der Waals surface area contributed by atoms with Gasteiger partial charge in [0.1, 0.15) is 5.75 Å². The van der Waals surface area contributed by atoms with Gasteiger partial charge in [0, 0.05) is 5.69 Å². The van der Waals surface area contributed by atoms with E-state index in [0.717, 1.165) is 12.8 Å². The SMILES string of the molecule is COc1ccc(N)c(C(CC2CCCCC2)C(=O)O)c1. The first kappa shape index (κ1) is 14.7. The van der Waals surface area contributed by atoms with Crippen molar-refractivity contribution in [3.63, 3.8) is 0 Å². The van der Waals surface area contributed by atoms with Gasteiger partial charge < -0.3 is 15.6 Å². The van der Waals surface area contributed by atoms with E-state index in [-0.39, 0.29) is 0 Å². The summed E-state index contributed by atoms with van der Waals surface area (Å²) in [5, 5.41) is 9.55. The lowest BCUT2D eigenvalue weighted by atomic mass is 9.80. The van der Waals surface area contributed by atoms with Crippen LogP contribution in [0.25, 0.3) is 0 Å². The van der Waals surface area contributed by atoms with Crippen LogP contribution in [0.2, 0.25) is 0 Å². The number of carbonyl (C=O) groups is 1. The molecule has 0 heterocycles. The number of carboxylic acid groups (broad SMARTS) is 1. The van der Waals surface area contributed by atoms with Crippen LogP contribution in [0.15, 0.2) is 18.2 Å². The molecule has 0 bridgehead atoms. The third-order valence-electron chi connectivity index (χ3n) is 4.26. The summed E-state index contributed by atoms with van der Waals surface area (Å²) >= 11 is 0. The second-order valence-corrected chi connectivity index (χ2v) is 5.63. The van der Waals surface area contributed by atoms with Gasteiger partial charge in [-0.3, -0.25) is 4.79 Å². The van der Waals surface area contributed by atoms with Crippen LogP contribution in [0.4, 0.5) is 5.69 Å². The van der Waals surface area contributed by atoms with Gasteiger partial charge in [0.2, 0.25) is 0 Å². The molecule has 1 saturated carbocycles. The zero-order valence-electron chi connectivity index (χ0n) is 12.0. The highest BCUT2D eigenvalue weighted by Gasteiger charge is 2.27. The maximum absolute atomic E-state index is 11.6. The van der Waals surface area contributed by atoms with Gasteiger partial charge in [0.15, 0.2) is 0 Å². The first-order valence-electron chi connectivity index (χ1n) is 7.28. The van der Waals surface area contributed by atoms with E-state index < -0.39 is 11.9 Å². The van der Waals surface area contributed by atoms with Gasteiger partial charge >= 0.3 is 5.97 Å². The Hall–Kier alpha value is -1.71. The molecular weight excluding hydrogens is 254 g/mol. The Morgan fingerprint density at radius 2 is 2.10 bits per heavy atom. The van der Waals surface area contributed by atoms with E-state index in [1.165, 1.54) is 19.3 Å². The van der Waals surface area contributed by atoms with Crippen LogP contribution in [0.1, 0.15) is 50.0 Å². The lowest BCUT2D eigenvalue weighted by Gasteiger charge is -2.25. The summed E-state index contributed by atoms with van der Waals surface area (Å²) in [5.41, 5.74) is 7.19. The number of carboxylic acids is 1. The first-order chi connectivity index (χ1) is 9.61. The quantitative estimate of drug-likeness (QED) is 0.809. The van der Waals surface area contributed by atoms with E-state index in [1.54, 1.807) is 25.3 Å². The van der Waals surface area contributed by atoms with Crippen LogP contribution in [0, 0.1) is 5.92 Å². The number of nitrogens with two attached hydrogens (primary N) is 1. The van der Waals surface area contributed by atoms with E-state index in [0.29, 0.717) is 29.3 Å². The summed E-state index contributed by atoms with van der Waals surface area (Å²) in [7, 11) is 1.58. The van der Waals surface area contributed by atoms with Crippen molar-refractivity contribution in [1.29, 1.82) is 0 Å². The molecule has 1 aromatic rings. The van der Waals surface area contributed by atoms with Crippen molar-refractivity contribution in [1.82, 2.24) is 0 Å². The maximum Gasteiger partial charge on any atom is 0.311 e. The maximum atomic E-state index is 11.6. The van der Waals surface area contributed by atoms with Gasteiger partial charge in [0.25, 0.3) is 0 Å². The molecule has 0 radical (unpaired) electrons. The summed E-state index contributed by atoms with van der Waals surface area (Å²) in [6.45, 7) is 0. The van der Waals surface area contributed by atoms with Gasteiger partial charge in [0.05, 0.1) is 13.0 Å². The number of hydrogen-bond donors (Lipinski definition) is 2. The lowest BCUT2D eigenvalue weighted by Crippen LogP contribution is -2.19. The fraction of sp³-hybridized carbons (Fsp3) is 0.562. The lowest BCUT2D eigenvalue weighted by molar-refractivity contribution is -0.139. The molecule has 20 heavy (non-hydrogen) atoms. The van der Waals surface area contributed by atoms with Crippen LogP contribution in [0.3, 0.4) is 0 Å². The summed E-state index contributed by atoms with van der Waals surface area (Å²) in [5.74, 6) is -0.178. The minimum atomic E-state index is -0.796. The topological polar surface area (TPSA) is 72.5 Å². The molecule has 110 valence electrons. The Bertz CT molecular complexity index is 467. The van der Waals surface area contributed by atoms with Crippen molar-refractivity contribution in [3.05, 3.63) is 23.8 Å². The van der Waals surface area contributed by atoms with E-state index in [9.17, 15) is 9.90 Å². The molecule has 0 aromatic heterocycles. The Kier molecular flexibility index (Phi) is 4.88. The predicted octanol–water partition coefficient (Wildman–Crippen LogP) is 3.42. The summed E-state index contributed by atoms with van der Waals surface area (Å²) in [6, 6.07) is 5.25. The molecule has 1 unspecified atom stereocenters. The number of anilines is 1. The number of methoxy groups -OCH3 is 1. The molecule has 4 nitrogen and oxygen atoms in total. The van der Waals surface area contributed by atoms with Gasteiger partial charge in [-0.2, -0.15) is 0 Å². The highest BCUT2D eigenvalue weighted by molar-refractivity contribution is 5.79. The van der Waals surface area contributed by atoms with Gasteiger partial charge in [-0.25, -0.2) is 0 Å². The molecule has 1 aliphatic rings. The van der Waals surface area contributed by atoms with Crippen molar-refractivity contribution >= 4 is 11.7 Å². The number of aliphatic carboxylic acids is 1. The summed E-state index contributed by atoms with van der Waals surface area (Å²) in [4.78, 5) is 11.6. The monoisotopic (exact) mass is 277 g/mol. The summed E-state index contributed by atoms with van der Waals surface area (Å²) < 4.78 is 5.18. The number of ether oxygens (including phenoxy) is 1. The normalized spacial score (nSPS) is 17.6. The van der Waals surface area contributed by atoms with Crippen LogP contribution in [0.5, 0.6) is 5.75 Å². The Morgan fingerprint density at radius 3 is 2.70 bits per heavy atom. The van der Waals surface area contributed by atoms with Crippen LogP contribution in [-0.4, -0.2) is 18.2 Å². The third-order valence-corrected chi connectivity index (χ3v) is 4.26. The predicted molar refractivity (Wildman–Crippen MR) is 79.0 cm³/mol. The highest BCUT2D eigenvalue weighted by Crippen LogP contribution is 2.36. The molecule has 1 aliphatic carbocycles. The van der Waals surface area contributed by atoms with Crippen LogP contribution < -0.4 is 10.5 Å². The molecule has 1 atom stereocenters. The second-order valence-electron chi connectivity index (χ2n) is 5.63. The van der Waals surface area contributed by atoms with Crippen molar-refractivity contribution in [2.45, 2.75) is 44.4 Å². The number of hydrogen-bond acceptors (Lipinski definition) is 3. The second kappa shape index (κ2) is 6.64. The molecule has 0 aliphatic heterocycles. The third kappa shape index (κ3) is 3.44.